The number of piperazine rings is 1. The van der Waals surface area contributed by atoms with Gasteiger partial charge in [0, 0.05) is 36.7 Å². The summed E-state index contributed by atoms with van der Waals surface area (Å²) in [7, 11) is 0. The Hall–Kier alpha value is -2.36. The lowest BCUT2D eigenvalue weighted by atomic mass is 9.96. The van der Waals surface area contributed by atoms with Crippen molar-refractivity contribution in [1.29, 1.82) is 5.26 Å². The van der Waals surface area contributed by atoms with Crippen molar-refractivity contribution in [3.05, 3.63) is 46.3 Å². The van der Waals surface area contributed by atoms with Crippen LogP contribution in [0, 0.1) is 11.3 Å². The molecule has 1 saturated heterocycles. The molecule has 1 aromatic carbocycles. The van der Waals surface area contributed by atoms with Gasteiger partial charge < -0.3 is 10.2 Å². The Labute approximate surface area is 164 Å². The van der Waals surface area contributed by atoms with Crippen LogP contribution in [0.4, 0.5) is 10.7 Å². The molecule has 1 aliphatic heterocycles. The zero-order valence-corrected chi connectivity index (χ0v) is 16.2. The third-order valence-electron chi connectivity index (χ3n) is 5.40. The van der Waals surface area contributed by atoms with Crippen LogP contribution in [0.25, 0.3) is 0 Å². The van der Waals surface area contributed by atoms with Crippen LogP contribution >= 0.6 is 11.3 Å². The molecule has 1 aromatic heterocycles. The highest BCUT2D eigenvalue weighted by Crippen LogP contribution is 2.37. The highest BCUT2D eigenvalue weighted by molar-refractivity contribution is 7.16. The van der Waals surface area contributed by atoms with Crippen molar-refractivity contribution in [3.63, 3.8) is 0 Å². The maximum Gasteiger partial charge on any atom is 0.239 e. The van der Waals surface area contributed by atoms with E-state index in [9.17, 15) is 10.1 Å². The van der Waals surface area contributed by atoms with E-state index in [1.54, 1.807) is 11.3 Å². The molecule has 0 unspecified atom stereocenters. The summed E-state index contributed by atoms with van der Waals surface area (Å²) in [5.74, 6) is -0.0155. The second-order valence-electron chi connectivity index (χ2n) is 7.17. The van der Waals surface area contributed by atoms with Crippen LogP contribution < -0.4 is 10.2 Å². The molecule has 2 aliphatic rings. The Bertz CT molecular complexity index is 847. The average molecular weight is 381 g/mol. The van der Waals surface area contributed by atoms with E-state index in [0.717, 1.165) is 50.4 Å². The van der Waals surface area contributed by atoms with Crippen LogP contribution in [0.15, 0.2) is 30.3 Å². The fourth-order valence-corrected chi connectivity index (χ4v) is 5.20. The molecule has 1 amide bonds. The highest BCUT2D eigenvalue weighted by atomic mass is 32.1. The van der Waals surface area contributed by atoms with Crippen LogP contribution in [0.2, 0.25) is 0 Å². The fraction of sp³-hybridized carbons (Fsp3) is 0.429. The number of anilines is 2. The van der Waals surface area contributed by atoms with Crippen molar-refractivity contribution in [2.75, 3.05) is 42.9 Å². The summed E-state index contributed by atoms with van der Waals surface area (Å²) in [5.41, 5.74) is 3.10. The van der Waals surface area contributed by atoms with Crippen molar-refractivity contribution in [1.82, 2.24) is 4.90 Å². The van der Waals surface area contributed by atoms with Gasteiger partial charge in [0.25, 0.3) is 0 Å². The summed E-state index contributed by atoms with van der Waals surface area (Å²) in [4.78, 5) is 18.4. The number of carbonyl (C=O) groups excluding carboxylic acids is 1. The highest BCUT2D eigenvalue weighted by Gasteiger charge is 2.23. The van der Waals surface area contributed by atoms with Gasteiger partial charge in [-0.25, -0.2) is 0 Å². The van der Waals surface area contributed by atoms with Gasteiger partial charge in [0.05, 0.1) is 12.1 Å². The van der Waals surface area contributed by atoms with Crippen LogP contribution in [0.5, 0.6) is 0 Å². The molecule has 27 heavy (non-hydrogen) atoms. The lowest BCUT2D eigenvalue weighted by Crippen LogP contribution is -2.48. The third-order valence-corrected chi connectivity index (χ3v) is 6.60. The number of fused-ring (bicyclic) bond motifs is 1. The Morgan fingerprint density at radius 1 is 1.11 bits per heavy atom. The monoisotopic (exact) mass is 380 g/mol. The quantitative estimate of drug-likeness (QED) is 0.884. The van der Waals surface area contributed by atoms with Gasteiger partial charge in [-0.15, -0.1) is 11.3 Å². The van der Waals surface area contributed by atoms with E-state index in [1.807, 2.05) is 6.07 Å². The number of para-hydroxylation sites is 1. The molecule has 0 atom stereocenters. The number of rotatable bonds is 4. The zero-order chi connectivity index (χ0) is 18.6. The largest absolute Gasteiger partial charge is 0.369 e. The summed E-state index contributed by atoms with van der Waals surface area (Å²) in [6.07, 6.45) is 4.31. The molecule has 0 spiro atoms. The van der Waals surface area contributed by atoms with Crippen molar-refractivity contribution < 1.29 is 4.79 Å². The number of amides is 1. The zero-order valence-electron chi connectivity index (χ0n) is 15.4. The molecule has 1 fully saturated rings. The molecule has 2 aromatic rings. The standard InChI is InChI=1S/C21H24N4OS/c22-14-18-17-8-4-5-9-19(17)27-21(18)23-20(26)15-24-10-12-25(13-11-24)16-6-2-1-3-7-16/h1-3,6-7H,4-5,8-13,15H2,(H,23,26). The van der Waals surface area contributed by atoms with Crippen LogP contribution in [0.1, 0.15) is 28.8 Å². The van der Waals surface area contributed by atoms with Gasteiger partial charge in [0.2, 0.25) is 5.91 Å². The Morgan fingerprint density at radius 2 is 1.85 bits per heavy atom. The van der Waals surface area contributed by atoms with Gasteiger partial charge >= 0.3 is 0 Å². The Morgan fingerprint density at radius 3 is 2.59 bits per heavy atom. The van der Waals surface area contributed by atoms with Crippen molar-refractivity contribution >= 4 is 27.9 Å². The van der Waals surface area contributed by atoms with Crippen LogP contribution in [-0.2, 0) is 17.6 Å². The lowest BCUT2D eigenvalue weighted by molar-refractivity contribution is -0.117. The van der Waals surface area contributed by atoms with E-state index in [-0.39, 0.29) is 5.91 Å². The predicted octanol–water partition coefficient (Wildman–Crippen LogP) is 3.26. The van der Waals surface area contributed by atoms with Gasteiger partial charge in [-0.2, -0.15) is 5.26 Å². The Balaban J connectivity index is 1.33. The number of carbonyl (C=O) groups is 1. The second-order valence-corrected chi connectivity index (χ2v) is 8.28. The van der Waals surface area contributed by atoms with E-state index >= 15 is 0 Å². The average Bonchev–Trinajstić information content (AvgIpc) is 3.06. The van der Waals surface area contributed by atoms with E-state index in [2.05, 4.69) is 45.5 Å². The van der Waals surface area contributed by atoms with E-state index in [4.69, 9.17) is 0 Å². The molecule has 0 saturated carbocycles. The molecule has 6 heteroatoms. The number of hydrogen-bond donors (Lipinski definition) is 1. The first kappa shape index (κ1) is 18.0. The second kappa shape index (κ2) is 8.12. The number of nitrogens with one attached hydrogen (secondary N) is 1. The fourth-order valence-electron chi connectivity index (χ4n) is 3.94. The first-order chi connectivity index (χ1) is 13.2. The summed E-state index contributed by atoms with van der Waals surface area (Å²) >= 11 is 1.59. The summed E-state index contributed by atoms with van der Waals surface area (Å²) in [5, 5.41) is 13.3. The van der Waals surface area contributed by atoms with E-state index < -0.39 is 0 Å². The van der Waals surface area contributed by atoms with Crippen molar-refractivity contribution in [3.8, 4) is 6.07 Å². The van der Waals surface area contributed by atoms with Crippen molar-refractivity contribution in [2.45, 2.75) is 25.7 Å². The first-order valence-electron chi connectivity index (χ1n) is 9.61. The molecule has 1 aliphatic carbocycles. The first-order valence-corrected chi connectivity index (χ1v) is 10.4. The maximum absolute atomic E-state index is 12.5. The van der Waals surface area contributed by atoms with Gasteiger partial charge in [-0.05, 0) is 43.4 Å². The van der Waals surface area contributed by atoms with Crippen LogP contribution in [-0.4, -0.2) is 43.5 Å². The normalized spacial score (nSPS) is 17.2. The third kappa shape index (κ3) is 4.00. The molecular formula is C21H24N4OS. The lowest BCUT2D eigenvalue weighted by Gasteiger charge is -2.35. The number of nitrogens with zero attached hydrogens (tertiary/aromatic N) is 3. The smallest absolute Gasteiger partial charge is 0.239 e. The minimum Gasteiger partial charge on any atom is -0.369 e. The molecular weight excluding hydrogens is 356 g/mol. The molecule has 0 bridgehead atoms. The van der Waals surface area contributed by atoms with Gasteiger partial charge in [0.15, 0.2) is 0 Å². The summed E-state index contributed by atoms with van der Waals surface area (Å²) in [6, 6.07) is 12.7. The summed E-state index contributed by atoms with van der Waals surface area (Å²) in [6.45, 7) is 3.97. The molecule has 1 N–H and O–H groups in total. The number of hydrogen-bond acceptors (Lipinski definition) is 5. The van der Waals surface area contributed by atoms with Crippen molar-refractivity contribution in [2.24, 2.45) is 0 Å². The van der Waals surface area contributed by atoms with E-state index in [1.165, 1.54) is 22.5 Å². The minimum atomic E-state index is -0.0155. The van der Waals surface area contributed by atoms with Gasteiger partial charge in [-0.1, -0.05) is 18.2 Å². The van der Waals surface area contributed by atoms with Gasteiger partial charge in [0.1, 0.15) is 11.1 Å². The number of aryl methyl sites for hydroxylation is 1. The molecule has 4 rings (SSSR count). The molecule has 140 valence electrons. The topological polar surface area (TPSA) is 59.4 Å². The summed E-state index contributed by atoms with van der Waals surface area (Å²) < 4.78 is 0. The molecule has 5 nitrogen and oxygen atoms in total. The number of thiophene rings is 1. The molecule has 2 heterocycles. The maximum atomic E-state index is 12.5. The van der Waals surface area contributed by atoms with Gasteiger partial charge in [-0.3, -0.25) is 9.69 Å². The predicted molar refractivity (Wildman–Crippen MR) is 109 cm³/mol. The number of benzene rings is 1. The number of nitriles is 1. The SMILES string of the molecule is N#Cc1c(NC(=O)CN2CCN(c3ccccc3)CC2)sc2c1CCCC2. The van der Waals surface area contributed by atoms with Crippen LogP contribution in [0.3, 0.4) is 0 Å². The Kier molecular flexibility index (Phi) is 5.42. The molecule has 0 radical (unpaired) electrons. The minimum absolute atomic E-state index is 0.0155. The van der Waals surface area contributed by atoms with E-state index in [0.29, 0.717) is 12.1 Å².